The van der Waals surface area contributed by atoms with E-state index in [1.165, 1.54) is 10.8 Å². The number of pyridine rings is 1. The number of benzene rings is 1. The normalized spacial score (nSPS) is 26.4. The highest BCUT2D eigenvalue weighted by Gasteiger charge is 2.56. The van der Waals surface area contributed by atoms with Crippen molar-refractivity contribution in [3.8, 4) is 0 Å². The number of carboxylic acids is 1. The van der Waals surface area contributed by atoms with E-state index in [2.05, 4.69) is 0 Å². The minimum Gasteiger partial charge on any atom is -0.477 e. The molecule has 2 heterocycles. The molecule has 6 nitrogen and oxygen atoms in total. The molecule has 1 saturated heterocycles. The lowest BCUT2D eigenvalue weighted by molar-refractivity contribution is 0.0695. The topological polar surface area (TPSA) is 88.6 Å². The zero-order chi connectivity index (χ0) is 19.8. The van der Waals surface area contributed by atoms with E-state index >= 15 is 4.39 Å². The molecule has 1 spiro atoms. The molecule has 8 heteroatoms. The Morgan fingerprint density at radius 1 is 1.36 bits per heavy atom. The maximum atomic E-state index is 15.6. The van der Waals surface area contributed by atoms with Crippen LogP contribution in [0, 0.1) is 23.0 Å². The summed E-state index contributed by atoms with van der Waals surface area (Å²) in [5, 5.41) is 9.09. The Labute approximate surface area is 159 Å². The molecular weight excluding hydrogens is 368 g/mol. The summed E-state index contributed by atoms with van der Waals surface area (Å²) in [5.41, 5.74) is 4.38. The number of hydrogen-bond acceptors (Lipinski definition) is 4. The Kier molecular flexibility index (Phi) is 3.62. The van der Waals surface area contributed by atoms with Gasteiger partial charge in [-0.25, -0.2) is 13.6 Å². The molecule has 2 aliphatic carbocycles. The van der Waals surface area contributed by atoms with E-state index in [1.807, 2.05) is 0 Å². The molecule has 0 radical (unpaired) electrons. The number of hydrogen-bond donors (Lipinski definition) is 2. The highest BCUT2D eigenvalue weighted by Crippen LogP contribution is 2.58. The number of aromatic carboxylic acids is 1. The number of rotatable bonds is 4. The van der Waals surface area contributed by atoms with Gasteiger partial charge < -0.3 is 20.3 Å². The lowest BCUT2D eigenvalue weighted by Gasteiger charge is -2.22. The third kappa shape index (κ3) is 2.40. The molecule has 2 atom stereocenters. The highest BCUT2D eigenvalue weighted by atomic mass is 19.1. The maximum absolute atomic E-state index is 15.6. The summed E-state index contributed by atoms with van der Waals surface area (Å²) < 4.78 is 32.0. The zero-order valence-corrected chi connectivity index (χ0v) is 15.3. The van der Waals surface area contributed by atoms with E-state index in [0.29, 0.717) is 25.6 Å². The van der Waals surface area contributed by atoms with Gasteiger partial charge in [0.25, 0.3) is 0 Å². The summed E-state index contributed by atoms with van der Waals surface area (Å²) in [6.07, 6.45) is 4.57. The van der Waals surface area contributed by atoms with Crippen LogP contribution >= 0.6 is 0 Å². The predicted octanol–water partition coefficient (Wildman–Crippen LogP) is 2.49. The predicted molar refractivity (Wildman–Crippen MR) is 99.8 cm³/mol. The van der Waals surface area contributed by atoms with E-state index in [4.69, 9.17) is 5.73 Å². The van der Waals surface area contributed by atoms with Crippen LogP contribution in [-0.4, -0.2) is 35.3 Å². The van der Waals surface area contributed by atoms with Gasteiger partial charge in [-0.3, -0.25) is 4.79 Å². The van der Waals surface area contributed by atoms with Crippen LogP contribution in [0.5, 0.6) is 0 Å². The molecule has 3 fully saturated rings. The Bertz CT molecular complexity index is 1080. The quantitative estimate of drug-likeness (QED) is 0.839. The molecule has 1 aliphatic heterocycles. The summed E-state index contributed by atoms with van der Waals surface area (Å²) in [4.78, 5) is 25.7. The van der Waals surface area contributed by atoms with Gasteiger partial charge in [-0.2, -0.15) is 0 Å². The minimum absolute atomic E-state index is 0.000946. The van der Waals surface area contributed by atoms with Crippen molar-refractivity contribution in [2.75, 3.05) is 24.5 Å². The van der Waals surface area contributed by atoms with Crippen LogP contribution in [0.3, 0.4) is 0 Å². The van der Waals surface area contributed by atoms with Crippen LogP contribution in [-0.2, 0) is 0 Å². The minimum atomic E-state index is -1.39. The molecule has 3 aliphatic rings. The van der Waals surface area contributed by atoms with Crippen molar-refractivity contribution in [1.29, 1.82) is 0 Å². The van der Waals surface area contributed by atoms with Crippen molar-refractivity contribution in [2.45, 2.75) is 31.7 Å². The lowest BCUT2D eigenvalue weighted by Crippen LogP contribution is -2.25. The van der Waals surface area contributed by atoms with Crippen molar-refractivity contribution in [3.63, 3.8) is 0 Å². The number of aromatic nitrogens is 1. The molecule has 0 amide bonds. The van der Waals surface area contributed by atoms with E-state index < -0.39 is 28.6 Å². The molecule has 28 heavy (non-hydrogen) atoms. The fourth-order valence-electron chi connectivity index (χ4n) is 4.87. The molecular formula is C20H21F2N3O3. The molecule has 148 valence electrons. The average molecular weight is 389 g/mol. The Balaban J connectivity index is 1.68. The van der Waals surface area contributed by atoms with Crippen LogP contribution in [0.25, 0.3) is 10.9 Å². The van der Waals surface area contributed by atoms with Gasteiger partial charge in [0.2, 0.25) is 5.43 Å². The Hall–Kier alpha value is -2.48. The van der Waals surface area contributed by atoms with Gasteiger partial charge in [-0.05, 0) is 49.6 Å². The van der Waals surface area contributed by atoms with Gasteiger partial charge in [0.05, 0.1) is 10.9 Å². The summed E-state index contributed by atoms with van der Waals surface area (Å²) in [6, 6.07) is 0.934. The van der Waals surface area contributed by atoms with Gasteiger partial charge in [0.15, 0.2) is 5.82 Å². The molecule has 2 aromatic rings. The summed E-state index contributed by atoms with van der Waals surface area (Å²) in [6.45, 7) is 1.67. The first-order valence-electron chi connectivity index (χ1n) is 9.61. The van der Waals surface area contributed by atoms with Crippen LogP contribution in [0.15, 0.2) is 17.1 Å². The fourth-order valence-corrected chi connectivity index (χ4v) is 4.87. The van der Waals surface area contributed by atoms with Crippen LogP contribution < -0.4 is 16.1 Å². The second kappa shape index (κ2) is 5.76. The van der Waals surface area contributed by atoms with Crippen molar-refractivity contribution < 1.29 is 18.7 Å². The van der Waals surface area contributed by atoms with Gasteiger partial charge in [-0.15, -0.1) is 0 Å². The molecule has 1 aromatic carbocycles. The first-order chi connectivity index (χ1) is 13.4. The second-order valence-corrected chi connectivity index (χ2v) is 8.40. The monoisotopic (exact) mass is 389 g/mol. The highest BCUT2D eigenvalue weighted by molar-refractivity contribution is 5.94. The standard InChI is InChI=1S/C20H21F2N3O3/c21-14-5-12-16(25(11-1-2-11)8-13(18(12)26)19(27)28)15(22)17(14)24-4-3-20(9-24)6-10(20)7-23/h5,8,10-11H,1-4,6-7,9,23H2,(H,27,28). The smallest absolute Gasteiger partial charge is 0.341 e. The van der Waals surface area contributed by atoms with Crippen LogP contribution in [0.1, 0.15) is 42.1 Å². The van der Waals surface area contributed by atoms with E-state index in [1.54, 1.807) is 4.90 Å². The first-order valence-corrected chi connectivity index (χ1v) is 9.61. The number of carboxylic acid groups (broad SMARTS) is 1. The summed E-state index contributed by atoms with van der Waals surface area (Å²) >= 11 is 0. The van der Waals surface area contributed by atoms with Gasteiger partial charge in [0.1, 0.15) is 17.1 Å². The SMILES string of the molecule is NCC1CC12CCN(c1c(F)cc3c(=O)c(C(=O)O)cn(C4CC4)c3c1F)C2. The molecule has 2 unspecified atom stereocenters. The Morgan fingerprint density at radius 3 is 2.71 bits per heavy atom. The first kappa shape index (κ1) is 17.6. The fraction of sp³-hybridized carbons (Fsp3) is 0.500. The summed E-state index contributed by atoms with van der Waals surface area (Å²) in [5.74, 6) is -2.60. The van der Waals surface area contributed by atoms with Crippen molar-refractivity contribution in [3.05, 3.63) is 39.7 Å². The molecule has 3 N–H and O–H groups in total. The third-order valence-corrected chi connectivity index (χ3v) is 6.70. The van der Waals surface area contributed by atoms with Gasteiger partial charge in [0, 0.05) is 25.3 Å². The van der Waals surface area contributed by atoms with Gasteiger partial charge >= 0.3 is 5.97 Å². The third-order valence-electron chi connectivity index (χ3n) is 6.70. The Morgan fingerprint density at radius 2 is 2.11 bits per heavy atom. The second-order valence-electron chi connectivity index (χ2n) is 8.40. The molecule has 0 bridgehead atoms. The number of nitrogens with two attached hydrogens (primary N) is 1. The molecule has 1 aromatic heterocycles. The molecule has 2 saturated carbocycles. The van der Waals surface area contributed by atoms with Crippen molar-refractivity contribution >= 4 is 22.6 Å². The number of nitrogens with zero attached hydrogens (tertiary/aromatic N) is 2. The van der Waals surface area contributed by atoms with Crippen molar-refractivity contribution in [2.24, 2.45) is 17.1 Å². The number of anilines is 1. The number of carbonyl (C=O) groups is 1. The van der Waals surface area contributed by atoms with Crippen LogP contribution in [0.4, 0.5) is 14.5 Å². The van der Waals surface area contributed by atoms with Crippen molar-refractivity contribution in [1.82, 2.24) is 4.57 Å². The largest absolute Gasteiger partial charge is 0.477 e. The average Bonchev–Trinajstić information content (AvgIpc) is 3.54. The van der Waals surface area contributed by atoms with E-state index in [0.717, 1.165) is 31.7 Å². The van der Waals surface area contributed by atoms with E-state index in [9.17, 15) is 19.1 Å². The number of fused-ring (bicyclic) bond motifs is 1. The van der Waals surface area contributed by atoms with E-state index in [-0.39, 0.29) is 28.0 Å². The maximum Gasteiger partial charge on any atom is 0.341 e. The lowest BCUT2D eigenvalue weighted by atomic mass is 10.0. The molecule has 5 rings (SSSR count). The number of halogens is 2. The summed E-state index contributed by atoms with van der Waals surface area (Å²) in [7, 11) is 0. The van der Waals surface area contributed by atoms with Gasteiger partial charge in [-0.1, -0.05) is 0 Å². The van der Waals surface area contributed by atoms with Crippen LogP contribution in [0.2, 0.25) is 0 Å². The zero-order valence-electron chi connectivity index (χ0n) is 15.3.